The number of benzene rings is 3. The zero-order valence-electron chi connectivity index (χ0n) is 25.0. The van der Waals surface area contributed by atoms with E-state index in [0.29, 0.717) is 51.0 Å². The molecule has 0 atom stereocenters. The van der Waals surface area contributed by atoms with Gasteiger partial charge in [-0.15, -0.1) is 11.3 Å². The van der Waals surface area contributed by atoms with Gasteiger partial charge in [0.15, 0.2) is 5.69 Å². The first-order chi connectivity index (χ1) is 22.0. The molecule has 3 aromatic carbocycles. The summed E-state index contributed by atoms with van der Waals surface area (Å²) < 4.78 is 61.6. The zero-order valence-corrected chi connectivity index (χ0v) is 26.6. The molecule has 1 saturated carbocycles. The number of aryl methyl sites for hydroxylation is 1. The van der Waals surface area contributed by atoms with E-state index < -0.39 is 32.5 Å². The van der Waals surface area contributed by atoms with Crippen LogP contribution in [0.3, 0.4) is 0 Å². The van der Waals surface area contributed by atoms with Crippen LogP contribution in [0.5, 0.6) is 5.75 Å². The largest absolute Gasteiger partial charge is 0.496 e. The van der Waals surface area contributed by atoms with Crippen LogP contribution in [0.1, 0.15) is 52.6 Å². The molecule has 238 valence electrons. The molecular weight excluding hydrogens is 635 g/mol. The molecule has 46 heavy (non-hydrogen) atoms. The number of nitrogens with two attached hydrogens (primary N) is 1. The molecule has 0 aliphatic heterocycles. The van der Waals surface area contributed by atoms with Crippen molar-refractivity contribution in [3.8, 4) is 33.3 Å². The van der Waals surface area contributed by atoms with E-state index in [1.54, 1.807) is 10.7 Å². The molecule has 1 aliphatic rings. The molecule has 0 bridgehead atoms. The van der Waals surface area contributed by atoms with E-state index in [-0.39, 0.29) is 17.9 Å². The number of ether oxygens (including phenoxy) is 1. The molecule has 0 spiro atoms. The first-order valence-electron chi connectivity index (χ1n) is 14.5. The number of carboxylic acids is 1. The molecular formula is C33H30F2N4O5S2. The van der Waals surface area contributed by atoms with E-state index in [9.17, 15) is 18.3 Å². The average Bonchev–Trinajstić information content (AvgIpc) is 3.58. The second kappa shape index (κ2) is 12.4. The third-order valence-corrected chi connectivity index (χ3v) is 9.80. The van der Waals surface area contributed by atoms with Gasteiger partial charge in [0.25, 0.3) is 0 Å². The molecule has 1 aliphatic carbocycles. The van der Waals surface area contributed by atoms with Crippen LogP contribution >= 0.6 is 11.3 Å². The number of aromatic carboxylic acids is 1. The van der Waals surface area contributed by atoms with Gasteiger partial charge in [-0.05, 0) is 66.5 Å². The Hall–Kier alpha value is -4.46. The van der Waals surface area contributed by atoms with Gasteiger partial charge < -0.3 is 9.84 Å². The van der Waals surface area contributed by atoms with Crippen molar-refractivity contribution in [1.82, 2.24) is 14.8 Å². The van der Waals surface area contributed by atoms with Crippen LogP contribution in [0.25, 0.3) is 27.5 Å². The topological polar surface area (TPSA) is 137 Å². The molecule has 0 saturated heterocycles. The number of hydrogen-bond acceptors (Lipinski definition) is 7. The highest BCUT2D eigenvalue weighted by Crippen LogP contribution is 2.42. The molecule has 2 heterocycles. The molecule has 3 N–H and O–H groups in total. The Bertz CT molecular complexity index is 2090. The number of rotatable bonds is 11. The van der Waals surface area contributed by atoms with Crippen LogP contribution < -0.4 is 9.88 Å². The monoisotopic (exact) mass is 664 g/mol. The minimum atomic E-state index is -4.27. The Labute approximate surface area is 268 Å². The van der Waals surface area contributed by atoms with Crippen molar-refractivity contribution in [2.24, 2.45) is 11.1 Å². The predicted molar refractivity (Wildman–Crippen MR) is 170 cm³/mol. The van der Waals surface area contributed by atoms with Crippen LogP contribution in [0.15, 0.2) is 64.9 Å². The summed E-state index contributed by atoms with van der Waals surface area (Å²) in [7, 11) is -2.85. The Kier molecular flexibility index (Phi) is 8.49. The summed E-state index contributed by atoms with van der Waals surface area (Å²) in [6, 6.07) is 14.3. The third-order valence-electron chi connectivity index (χ3n) is 8.04. The summed E-state index contributed by atoms with van der Waals surface area (Å²) in [4.78, 5) is 15.4. The van der Waals surface area contributed by atoms with Gasteiger partial charge >= 0.3 is 5.97 Å². The van der Waals surface area contributed by atoms with Gasteiger partial charge in [-0.1, -0.05) is 37.3 Å². The number of carboxylic acid groups (broad SMARTS) is 1. The van der Waals surface area contributed by atoms with Gasteiger partial charge in [-0.3, -0.25) is 0 Å². The fourth-order valence-corrected chi connectivity index (χ4v) is 6.85. The lowest BCUT2D eigenvalue weighted by Crippen LogP contribution is -2.14. The quantitative estimate of drug-likeness (QED) is 0.167. The molecule has 13 heteroatoms. The summed E-state index contributed by atoms with van der Waals surface area (Å²) in [6.45, 7) is 2.02. The Morgan fingerprint density at radius 1 is 1.09 bits per heavy atom. The lowest BCUT2D eigenvalue weighted by Gasteiger charge is -2.14. The average molecular weight is 665 g/mol. The Morgan fingerprint density at radius 2 is 1.87 bits per heavy atom. The SMILES string of the molecule is CCc1cccc(-c2cc(-c3nn(-c4nc(C(=O)O)cs4)c(CC4CC4)c3Cc3ccc(S(N)(=O)=O)c(F)c3)c(OC)cc2F)c1. The van der Waals surface area contributed by atoms with Gasteiger partial charge in [0.05, 0.1) is 12.8 Å². The molecule has 9 nitrogen and oxygen atoms in total. The van der Waals surface area contributed by atoms with Crippen molar-refractivity contribution in [3.05, 3.63) is 99.7 Å². The maximum absolute atomic E-state index is 15.6. The smallest absolute Gasteiger partial charge is 0.355 e. The first-order valence-corrected chi connectivity index (χ1v) is 17.0. The number of primary sulfonamides is 1. The lowest BCUT2D eigenvalue weighted by atomic mass is 9.93. The third kappa shape index (κ3) is 6.30. The fraction of sp³-hybridized carbons (Fsp3) is 0.242. The number of carbonyl (C=O) groups is 1. The van der Waals surface area contributed by atoms with Crippen LogP contribution in [-0.2, 0) is 29.3 Å². The molecule has 0 unspecified atom stereocenters. The minimum Gasteiger partial charge on any atom is -0.496 e. The predicted octanol–water partition coefficient (Wildman–Crippen LogP) is 6.40. The fourth-order valence-electron chi connectivity index (χ4n) is 5.49. The van der Waals surface area contributed by atoms with E-state index in [2.05, 4.69) is 4.98 Å². The summed E-state index contributed by atoms with van der Waals surface area (Å²) in [5.74, 6) is -2.08. The number of aromatic nitrogens is 3. The van der Waals surface area contributed by atoms with Crippen LogP contribution in [0, 0.1) is 17.6 Å². The van der Waals surface area contributed by atoms with E-state index in [4.69, 9.17) is 15.0 Å². The number of hydrogen-bond donors (Lipinski definition) is 2. The summed E-state index contributed by atoms with van der Waals surface area (Å²) in [5.41, 5.74) is 4.66. The maximum Gasteiger partial charge on any atom is 0.355 e. The Morgan fingerprint density at radius 3 is 2.50 bits per heavy atom. The summed E-state index contributed by atoms with van der Waals surface area (Å²) in [6.07, 6.45) is 3.46. The van der Waals surface area contributed by atoms with E-state index >= 15 is 8.78 Å². The van der Waals surface area contributed by atoms with Gasteiger partial charge in [0.1, 0.15) is 28.0 Å². The highest BCUT2D eigenvalue weighted by atomic mass is 32.2. The maximum atomic E-state index is 15.6. The highest BCUT2D eigenvalue weighted by molar-refractivity contribution is 7.89. The molecule has 0 amide bonds. The van der Waals surface area contributed by atoms with E-state index in [1.165, 1.54) is 24.6 Å². The number of thiazole rings is 1. The number of sulfonamides is 1. The van der Waals surface area contributed by atoms with Crippen molar-refractivity contribution in [3.63, 3.8) is 0 Å². The van der Waals surface area contributed by atoms with Gasteiger partial charge in [0, 0.05) is 34.6 Å². The molecule has 0 radical (unpaired) electrons. The minimum absolute atomic E-state index is 0.123. The zero-order chi connectivity index (χ0) is 32.7. The first kappa shape index (κ1) is 31.5. The van der Waals surface area contributed by atoms with Gasteiger partial charge in [0.2, 0.25) is 15.2 Å². The molecule has 5 aromatic rings. The van der Waals surface area contributed by atoms with Crippen molar-refractivity contribution in [2.75, 3.05) is 7.11 Å². The number of methoxy groups -OCH3 is 1. The Balaban J connectivity index is 1.59. The number of halogens is 2. The number of nitrogens with zero attached hydrogens (tertiary/aromatic N) is 3. The van der Waals surface area contributed by atoms with Crippen molar-refractivity contribution in [1.29, 1.82) is 0 Å². The highest BCUT2D eigenvalue weighted by Gasteiger charge is 2.31. The van der Waals surface area contributed by atoms with E-state index in [1.807, 2.05) is 31.2 Å². The van der Waals surface area contributed by atoms with Crippen LogP contribution in [0.4, 0.5) is 8.78 Å². The van der Waals surface area contributed by atoms with Crippen molar-refractivity contribution in [2.45, 2.75) is 43.9 Å². The molecule has 2 aromatic heterocycles. The van der Waals surface area contributed by atoms with Crippen LogP contribution in [-0.4, -0.2) is 41.4 Å². The second-order valence-corrected chi connectivity index (χ2v) is 13.6. The van der Waals surface area contributed by atoms with Crippen molar-refractivity contribution >= 4 is 27.3 Å². The lowest BCUT2D eigenvalue weighted by molar-refractivity contribution is 0.0691. The van der Waals surface area contributed by atoms with Crippen molar-refractivity contribution < 1.29 is 31.8 Å². The van der Waals surface area contributed by atoms with Gasteiger partial charge in [-0.25, -0.2) is 36.8 Å². The second-order valence-electron chi connectivity index (χ2n) is 11.2. The normalized spacial score (nSPS) is 13.2. The standard InChI is InChI=1S/C33H30F2N4O5S2/c1-3-18-5-4-6-21(11-18)22-15-24(29(44-2)16-25(22)34)31-23(12-20-9-10-30(26(35)13-20)46(36,42)43)28(14-19-7-8-19)39(38-31)33-37-27(17-45-33)32(40)41/h4-6,9-11,13,15-17,19H,3,7-8,12,14H2,1-2H3,(H,40,41)(H2,36,42,43). The summed E-state index contributed by atoms with van der Waals surface area (Å²) >= 11 is 1.12. The molecule has 1 fully saturated rings. The van der Waals surface area contributed by atoms with Crippen LogP contribution in [0.2, 0.25) is 0 Å². The van der Waals surface area contributed by atoms with E-state index in [0.717, 1.165) is 54.0 Å². The molecule has 6 rings (SSSR count). The van der Waals surface area contributed by atoms with Gasteiger partial charge in [-0.2, -0.15) is 5.10 Å². The summed E-state index contributed by atoms with van der Waals surface area (Å²) in [5, 5.41) is 21.4.